The fourth-order valence-electron chi connectivity index (χ4n) is 2.45. The number of hydrogen-bond donors (Lipinski definition) is 3. The molecule has 0 atom stereocenters. The lowest BCUT2D eigenvalue weighted by atomic mass is 10.1. The Labute approximate surface area is 162 Å². The van der Waals surface area contributed by atoms with E-state index < -0.39 is 24.4 Å². The number of ether oxygens (including phenoxy) is 2. The molecule has 0 bridgehead atoms. The molecule has 1 aromatic carbocycles. The Balaban J connectivity index is 1.81. The van der Waals surface area contributed by atoms with Crippen molar-refractivity contribution in [2.75, 3.05) is 25.6 Å². The Morgan fingerprint density at radius 3 is 2.64 bits per heavy atom. The van der Waals surface area contributed by atoms with Gasteiger partial charge in [0.15, 0.2) is 6.61 Å². The maximum Gasteiger partial charge on any atom is 0.342 e. The number of aromatic amines is 1. The van der Waals surface area contributed by atoms with Gasteiger partial charge in [-0.1, -0.05) is 19.9 Å². The van der Waals surface area contributed by atoms with Crippen LogP contribution in [0.3, 0.4) is 0 Å². The lowest BCUT2D eigenvalue weighted by molar-refractivity contribution is -0.126. The van der Waals surface area contributed by atoms with Crippen molar-refractivity contribution >= 4 is 23.5 Å². The van der Waals surface area contributed by atoms with Crippen molar-refractivity contribution in [1.82, 2.24) is 15.5 Å². The molecular weight excluding hydrogens is 364 g/mol. The monoisotopic (exact) mass is 388 g/mol. The zero-order chi connectivity index (χ0) is 20.7. The number of amides is 2. The normalized spacial score (nSPS) is 10.5. The van der Waals surface area contributed by atoms with Gasteiger partial charge >= 0.3 is 5.97 Å². The topological polar surface area (TPSA) is 122 Å². The van der Waals surface area contributed by atoms with E-state index in [0.29, 0.717) is 17.1 Å². The first-order valence-electron chi connectivity index (χ1n) is 8.73. The van der Waals surface area contributed by atoms with Crippen molar-refractivity contribution < 1.29 is 23.9 Å². The van der Waals surface area contributed by atoms with Crippen LogP contribution in [0.2, 0.25) is 0 Å². The molecule has 150 valence electrons. The molecule has 0 radical (unpaired) electrons. The van der Waals surface area contributed by atoms with Gasteiger partial charge in [0.25, 0.3) is 5.91 Å². The second kappa shape index (κ2) is 9.54. The number of carbonyl (C=O) groups is 3. The number of esters is 1. The quantitative estimate of drug-likeness (QED) is 0.592. The summed E-state index contributed by atoms with van der Waals surface area (Å²) in [5, 5.41) is 11.6. The van der Waals surface area contributed by atoms with Crippen molar-refractivity contribution in [1.29, 1.82) is 0 Å². The van der Waals surface area contributed by atoms with Crippen LogP contribution in [0.1, 0.15) is 41.4 Å². The van der Waals surface area contributed by atoms with Gasteiger partial charge in [-0.25, -0.2) is 4.79 Å². The van der Waals surface area contributed by atoms with E-state index in [1.54, 1.807) is 12.1 Å². The highest BCUT2D eigenvalue weighted by Gasteiger charge is 2.18. The number of nitrogens with one attached hydrogen (secondary N) is 3. The fourth-order valence-corrected chi connectivity index (χ4v) is 2.45. The zero-order valence-corrected chi connectivity index (χ0v) is 16.3. The number of aromatic nitrogens is 2. The van der Waals surface area contributed by atoms with Crippen LogP contribution in [0.4, 0.5) is 5.69 Å². The van der Waals surface area contributed by atoms with Crippen LogP contribution in [0, 0.1) is 6.92 Å². The first-order valence-corrected chi connectivity index (χ1v) is 8.73. The van der Waals surface area contributed by atoms with Crippen molar-refractivity contribution in [3.63, 3.8) is 0 Å². The predicted molar refractivity (Wildman–Crippen MR) is 102 cm³/mol. The molecule has 0 aliphatic carbocycles. The molecule has 9 nitrogen and oxygen atoms in total. The Morgan fingerprint density at radius 2 is 1.96 bits per heavy atom. The molecular formula is C19H24N4O5. The smallest absolute Gasteiger partial charge is 0.342 e. The lowest BCUT2D eigenvalue weighted by Crippen LogP contribution is -2.35. The largest absolute Gasteiger partial charge is 0.495 e. The molecule has 3 N–H and O–H groups in total. The van der Waals surface area contributed by atoms with E-state index in [2.05, 4.69) is 20.8 Å². The summed E-state index contributed by atoms with van der Waals surface area (Å²) in [5.74, 6) is -1.10. The summed E-state index contributed by atoms with van der Waals surface area (Å²) in [5.41, 5.74) is 2.38. The van der Waals surface area contributed by atoms with E-state index in [0.717, 1.165) is 5.56 Å². The second-order valence-corrected chi connectivity index (χ2v) is 6.46. The number of hydrogen-bond acceptors (Lipinski definition) is 6. The summed E-state index contributed by atoms with van der Waals surface area (Å²) in [6.07, 6.45) is 1.36. The zero-order valence-electron chi connectivity index (χ0n) is 16.3. The molecule has 0 aliphatic rings. The number of rotatable bonds is 8. The van der Waals surface area contributed by atoms with Gasteiger partial charge in [-0.15, -0.1) is 0 Å². The van der Waals surface area contributed by atoms with Gasteiger partial charge in [-0.2, -0.15) is 5.10 Å². The molecule has 28 heavy (non-hydrogen) atoms. The van der Waals surface area contributed by atoms with Crippen molar-refractivity contribution in [2.24, 2.45) is 0 Å². The number of benzene rings is 1. The van der Waals surface area contributed by atoms with Gasteiger partial charge in [-0.05, 0) is 30.5 Å². The lowest BCUT2D eigenvalue weighted by Gasteiger charge is -2.11. The first kappa shape index (κ1) is 20.9. The minimum Gasteiger partial charge on any atom is -0.495 e. The van der Waals surface area contributed by atoms with Crippen LogP contribution in [-0.2, 0) is 14.3 Å². The number of methoxy groups -OCH3 is 1. The maximum atomic E-state index is 12.1. The molecule has 2 rings (SSSR count). The van der Waals surface area contributed by atoms with Gasteiger partial charge in [0.05, 0.1) is 31.2 Å². The average Bonchev–Trinajstić information content (AvgIpc) is 3.15. The van der Waals surface area contributed by atoms with Crippen LogP contribution in [0.25, 0.3) is 0 Å². The van der Waals surface area contributed by atoms with Crippen LogP contribution in [-0.4, -0.2) is 48.2 Å². The molecule has 0 saturated carbocycles. The Hall–Kier alpha value is -3.36. The number of anilines is 1. The SMILES string of the molecule is COc1ccc(C)cc1NC(=O)CNC(=O)COC(=O)c1cn[nH]c1C(C)C. The molecule has 0 spiro atoms. The number of carbonyl (C=O) groups excluding carboxylic acids is 3. The number of nitrogens with zero attached hydrogens (tertiary/aromatic N) is 1. The Kier molecular flexibility index (Phi) is 7.14. The summed E-state index contributed by atoms with van der Waals surface area (Å²) >= 11 is 0. The van der Waals surface area contributed by atoms with Crippen LogP contribution in [0.5, 0.6) is 5.75 Å². The Morgan fingerprint density at radius 1 is 1.21 bits per heavy atom. The standard InChI is InChI=1S/C19H24N4O5/c1-11(2)18-13(8-21-23-18)19(26)28-10-17(25)20-9-16(24)22-14-7-12(3)5-6-15(14)27-4/h5-8,11H,9-10H2,1-4H3,(H,20,25)(H,21,23)(H,22,24). The molecule has 1 aromatic heterocycles. The molecule has 0 saturated heterocycles. The first-order chi connectivity index (χ1) is 13.3. The molecule has 1 heterocycles. The number of aryl methyl sites for hydroxylation is 1. The van der Waals surface area contributed by atoms with Crippen LogP contribution in [0.15, 0.2) is 24.4 Å². The summed E-state index contributed by atoms with van der Waals surface area (Å²) in [4.78, 5) is 36.0. The summed E-state index contributed by atoms with van der Waals surface area (Å²) < 4.78 is 10.2. The second-order valence-electron chi connectivity index (χ2n) is 6.46. The summed E-state index contributed by atoms with van der Waals surface area (Å²) in [6, 6.07) is 5.36. The van der Waals surface area contributed by atoms with Gasteiger partial charge in [0, 0.05) is 0 Å². The third-order valence-corrected chi connectivity index (χ3v) is 3.88. The van der Waals surface area contributed by atoms with Gasteiger partial charge < -0.3 is 20.1 Å². The van der Waals surface area contributed by atoms with Gasteiger partial charge in [-0.3, -0.25) is 14.7 Å². The third kappa shape index (κ3) is 5.57. The van der Waals surface area contributed by atoms with E-state index in [9.17, 15) is 14.4 Å². The van der Waals surface area contributed by atoms with E-state index >= 15 is 0 Å². The number of H-pyrrole nitrogens is 1. The van der Waals surface area contributed by atoms with E-state index in [1.165, 1.54) is 13.3 Å². The van der Waals surface area contributed by atoms with E-state index in [1.807, 2.05) is 26.8 Å². The molecule has 2 aromatic rings. The van der Waals surface area contributed by atoms with Crippen LogP contribution < -0.4 is 15.4 Å². The minimum absolute atomic E-state index is 0.0567. The predicted octanol–water partition coefficient (Wildman–Crippen LogP) is 1.76. The summed E-state index contributed by atoms with van der Waals surface area (Å²) in [6.45, 7) is 4.92. The summed E-state index contributed by atoms with van der Waals surface area (Å²) in [7, 11) is 1.50. The van der Waals surface area contributed by atoms with Gasteiger partial charge in [0.2, 0.25) is 5.91 Å². The highest BCUT2D eigenvalue weighted by atomic mass is 16.5. The van der Waals surface area contributed by atoms with Crippen LogP contribution >= 0.6 is 0 Å². The third-order valence-electron chi connectivity index (χ3n) is 3.88. The molecule has 0 unspecified atom stereocenters. The van der Waals surface area contributed by atoms with Crippen molar-refractivity contribution in [3.8, 4) is 5.75 Å². The molecule has 0 fully saturated rings. The molecule has 0 aliphatic heterocycles. The maximum absolute atomic E-state index is 12.1. The highest BCUT2D eigenvalue weighted by molar-refractivity contribution is 5.96. The van der Waals surface area contributed by atoms with E-state index in [4.69, 9.17) is 9.47 Å². The molecule has 2 amide bonds. The Bertz CT molecular complexity index is 860. The van der Waals surface area contributed by atoms with Crippen molar-refractivity contribution in [2.45, 2.75) is 26.7 Å². The minimum atomic E-state index is -0.651. The average molecular weight is 388 g/mol. The van der Waals surface area contributed by atoms with E-state index in [-0.39, 0.29) is 18.0 Å². The van der Waals surface area contributed by atoms with Gasteiger partial charge in [0.1, 0.15) is 11.3 Å². The highest BCUT2D eigenvalue weighted by Crippen LogP contribution is 2.24. The van der Waals surface area contributed by atoms with Crippen molar-refractivity contribution in [3.05, 3.63) is 41.2 Å². The fraction of sp³-hybridized carbons (Fsp3) is 0.368. The molecule has 9 heteroatoms.